The molecule has 0 saturated carbocycles. The van der Waals surface area contributed by atoms with E-state index in [2.05, 4.69) is 6.07 Å². The van der Waals surface area contributed by atoms with Gasteiger partial charge in [-0.1, -0.05) is 36.0 Å². The average molecular weight is 307 g/mol. The van der Waals surface area contributed by atoms with Gasteiger partial charge in [0, 0.05) is 16.3 Å². The number of fused-ring (bicyclic) bond motifs is 2. The van der Waals surface area contributed by atoms with Crippen molar-refractivity contribution in [2.75, 3.05) is 18.0 Å². The summed E-state index contributed by atoms with van der Waals surface area (Å²) in [6.45, 7) is 0.972. The second kappa shape index (κ2) is 5.16. The van der Waals surface area contributed by atoms with Crippen LogP contribution in [0.1, 0.15) is 0 Å². The lowest BCUT2D eigenvalue weighted by atomic mass is 10.2. The summed E-state index contributed by atoms with van der Waals surface area (Å²) in [7, 11) is 0. The fourth-order valence-corrected chi connectivity index (χ4v) is 3.75. The second-order valence-electron chi connectivity index (χ2n) is 5.34. The molecular weight excluding hydrogens is 294 g/mol. The zero-order valence-electron chi connectivity index (χ0n) is 11.8. The Bertz CT molecular complexity index is 753. The molecular formula is C17H13N3OS. The summed E-state index contributed by atoms with van der Waals surface area (Å²) in [6.07, 6.45) is 0. The van der Waals surface area contributed by atoms with Crippen molar-refractivity contribution in [1.29, 1.82) is 5.26 Å². The van der Waals surface area contributed by atoms with E-state index >= 15 is 0 Å². The third-order valence-corrected chi connectivity index (χ3v) is 5.01. The largest absolute Gasteiger partial charge is 0.278 e. The van der Waals surface area contributed by atoms with Gasteiger partial charge in [-0.05, 0) is 24.3 Å². The van der Waals surface area contributed by atoms with Gasteiger partial charge in [0.25, 0.3) is 0 Å². The van der Waals surface area contributed by atoms with Gasteiger partial charge in [0.1, 0.15) is 6.04 Å². The number of hydrogen-bond donors (Lipinski definition) is 0. The molecule has 2 unspecified atom stereocenters. The molecule has 4 rings (SSSR count). The third-order valence-electron chi connectivity index (χ3n) is 3.88. The van der Waals surface area contributed by atoms with Gasteiger partial charge in [-0.15, -0.1) is 0 Å². The van der Waals surface area contributed by atoms with Crippen LogP contribution >= 0.6 is 11.8 Å². The van der Waals surface area contributed by atoms with Crippen LogP contribution in [0.25, 0.3) is 0 Å². The zero-order chi connectivity index (χ0) is 15.1. The molecule has 0 aliphatic carbocycles. The van der Waals surface area contributed by atoms with E-state index in [0.717, 1.165) is 21.2 Å². The number of para-hydroxylation sites is 2. The highest BCUT2D eigenvalue weighted by Crippen LogP contribution is 2.47. The van der Waals surface area contributed by atoms with Gasteiger partial charge >= 0.3 is 0 Å². The molecule has 1 fully saturated rings. The topological polar surface area (TPSA) is 47.1 Å². The van der Waals surface area contributed by atoms with Gasteiger partial charge in [-0.2, -0.15) is 5.26 Å². The van der Waals surface area contributed by atoms with Crippen molar-refractivity contribution >= 4 is 29.0 Å². The zero-order valence-corrected chi connectivity index (χ0v) is 12.6. The summed E-state index contributed by atoms with van der Waals surface area (Å²) < 4.78 is 0. The Morgan fingerprint density at radius 3 is 2.27 bits per heavy atom. The Morgan fingerprint density at radius 2 is 1.73 bits per heavy atom. The van der Waals surface area contributed by atoms with Gasteiger partial charge in [0.15, 0.2) is 0 Å². The molecule has 4 nitrogen and oxygen atoms in total. The lowest BCUT2D eigenvalue weighted by molar-refractivity contribution is -0.118. The predicted octanol–water partition coefficient (Wildman–Crippen LogP) is 3.02. The normalized spacial score (nSPS) is 21.5. The van der Waals surface area contributed by atoms with Crippen molar-refractivity contribution in [1.82, 2.24) is 4.90 Å². The number of nitrogens with zero attached hydrogens (tertiary/aromatic N) is 3. The highest BCUT2D eigenvalue weighted by molar-refractivity contribution is 7.99. The van der Waals surface area contributed by atoms with Crippen LogP contribution in [0.15, 0.2) is 58.3 Å². The molecule has 2 aromatic carbocycles. The number of hydrogen-bond acceptors (Lipinski definition) is 4. The van der Waals surface area contributed by atoms with Crippen molar-refractivity contribution in [3.05, 3.63) is 48.5 Å². The van der Waals surface area contributed by atoms with Crippen LogP contribution in [0.5, 0.6) is 0 Å². The maximum atomic E-state index is 12.8. The first-order valence-corrected chi connectivity index (χ1v) is 7.92. The number of rotatable bonds is 2. The molecule has 0 spiro atoms. The minimum Gasteiger partial charge on any atom is -0.278 e. The van der Waals surface area contributed by atoms with Crippen LogP contribution in [-0.2, 0) is 4.79 Å². The van der Waals surface area contributed by atoms with Gasteiger partial charge in [-0.3, -0.25) is 14.6 Å². The Hall–Kier alpha value is -2.29. The van der Waals surface area contributed by atoms with E-state index < -0.39 is 0 Å². The van der Waals surface area contributed by atoms with Crippen LogP contribution in [-0.4, -0.2) is 29.9 Å². The van der Waals surface area contributed by atoms with Crippen molar-refractivity contribution in [3.8, 4) is 6.07 Å². The highest BCUT2D eigenvalue weighted by Gasteiger charge is 2.38. The van der Waals surface area contributed by atoms with Crippen LogP contribution in [0.3, 0.4) is 0 Å². The Balaban J connectivity index is 1.72. The summed E-state index contributed by atoms with van der Waals surface area (Å²) in [4.78, 5) is 18.6. The first kappa shape index (κ1) is 13.4. The second-order valence-corrected chi connectivity index (χ2v) is 6.42. The van der Waals surface area contributed by atoms with Crippen molar-refractivity contribution in [2.45, 2.75) is 15.8 Å². The third kappa shape index (κ3) is 2.17. The molecule has 0 aromatic heterocycles. The number of anilines is 2. The van der Waals surface area contributed by atoms with Crippen molar-refractivity contribution in [2.24, 2.45) is 0 Å². The van der Waals surface area contributed by atoms with Crippen LogP contribution < -0.4 is 4.90 Å². The van der Waals surface area contributed by atoms with Crippen LogP contribution in [0.2, 0.25) is 0 Å². The SMILES string of the molecule is N#CC1CN1CC(=O)N1c2ccccc2Sc2ccccc21. The van der Waals surface area contributed by atoms with Crippen molar-refractivity contribution in [3.63, 3.8) is 0 Å². The molecule has 0 N–H and O–H groups in total. The molecule has 2 aliphatic rings. The predicted molar refractivity (Wildman–Crippen MR) is 85.1 cm³/mol. The molecule has 5 heteroatoms. The molecule has 1 amide bonds. The molecule has 0 bridgehead atoms. The summed E-state index contributed by atoms with van der Waals surface area (Å²) in [5.74, 6) is 0.0120. The molecule has 22 heavy (non-hydrogen) atoms. The Labute approximate surface area is 132 Å². The van der Waals surface area contributed by atoms with E-state index in [9.17, 15) is 4.79 Å². The fraction of sp³-hybridized carbons (Fsp3) is 0.176. The molecule has 2 heterocycles. The molecule has 1 saturated heterocycles. The molecule has 2 aliphatic heterocycles. The van der Waals surface area contributed by atoms with Crippen LogP contribution in [0.4, 0.5) is 11.4 Å². The minimum atomic E-state index is -0.103. The van der Waals surface area contributed by atoms with Gasteiger partial charge in [0.2, 0.25) is 5.91 Å². The monoisotopic (exact) mass is 307 g/mol. The molecule has 0 radical (unpaired) electrons. The van der Waals surface area contributed by atoms with E-state index in [0.29, 0.717) is 6.54 Å². The van der Waals surface area contributed by atoms with Gasteiger partial charge in [0.05, 0.1) is 24.0 Å². The van der Waals surface area contributed by atoms with E-state index in [4.69, 9.17) is 5.26 Å². The van der Waals surface area contributed by atoms with Gasteiger partial charge in [-0.25, -0.2) is 0 Å². The van der Waals surface area contributed by atoms with E-state index in [1.165, 1.54) is 0 Å². The molecule has 108 valence electrons. The first-order valence-electron chi connectivity index (χ1n) is 7.10. The Kier molecular flexibility index (Phi) is 3.14. The van der Waals surface area contributed by atoms with Crippen molar-refractivity contribution < 1.29 is 4.79 Å². The standard InChI is InChI=1S/C17H13N3OS/c18-9-12-10-19(12)11-17(21)20-13-5-1-3-7-15(13)22-16-8-4-2-6-14(16)20/h1-8,12H,10-11H2. The molecule has 2 atom stereocenters. The Morgan fingerprint density at radius 1 is 1.14 bits per heavy atom. The quantitative estimate of drug-likeness (QED) is 0.800. The number of carbonyl (C=O) groups excluding carboxylic acids is 1. The molecule has 2 aromatic rings. The summed E-state index contributed by atoms with van der Waals surface area (Å²) in [5.41, 5.74) is 1.85. The van der Waals surface area contributed by atoms with E-state index in [1.807, 2.05) is 53.4 Å². The summed E-state index contributed by atoms with van der Waals surface area (Å²) in [6, 6.07) is 18.0. The van der Waals surface area contributed by atoms with E-state index in [1.54, 1.807) is 16.7 Å². The minimum absolute atomic E-state index is 0.0120. The maximum absolute atomic E-state index is 12.8. The average Bonchev–Trinajstić information content (AvgIpc) is 3.30. The fourth-order valence-electron chi connectivity index (χ4n) is 2.69. The number of carbonyl (C=O) groups is 1. The number of amides is 1. The first-order chi connectivity index (χ1) is 10.8. The summed E-state index contributed by atoms with van der Waals surface area (Å²) >= 11 is 1.68. The smallest absolute Gasteiger partial charge is 0.245 e. The number of benzene rings is 2. The highest BCUT2D eigenvalue weighted by atomic mass is 32.2. The maximum Gasteiger partial charge on any atom is 0.245 e. The number of nitriles is 1. The summed E-state index contributed by atoms with van der Waals surface area (Å²) in [5, 5.41) is 8.90. The van der Waals surface area contributed by atoms with E-state index in [-0.39, 0.29) is 18.5 Å². The van der Waals surface area contributed by atoms with Crippen LogP contribution in [0, 0.1) is 11.3 Å². The van der Waals surface area contributed by atoms with Gasteiger partial charge < -0.3 is 0 Å². The lowest BCUT2D eigenvalue weighted by Gasteiger charge is -2.31. The lowest BCUT2D eigenvalue weighted by Crippen LogP contribution is -2.33.